The smallest absolute Gasteiger partial charge is 0.252 e. The molecule has 5 heteroatoms. The lowest BCUT2D eigenvalue weighted by atomic mass is 9.99. The van der Waals surface area contributed by atoms with Crippen molar-refractivity contribution in [1.82, 2.24) is 10.2 Å². The number of carbonyl (C=O) groups is 1. The minimum atomic E-state index is -0.110. The summed E-state index contributed by atoms with van der Waals surface area (Å²) in [7, 11) is 0. The lowest BCUT2D eigenvalue weighted by Gasteiger charge is -2.30. The molecule has 0 aromatic heterocycles. The molecule has 0 saturated carbocycles. The van der Waals surface area contributed by atoms with Gasteiger partial charge in [0.05, 0.1) is 10.6 Å². The number of hydrogen-bond donors (Lipinski definition) is 1. The molecule has 1 saturated heterocycles. The maximum atomic E-state index is 12.1. The quantitative estimate of drug-likeness (QED) is 0.891. The molecule has 3 nitrogen and oxygen atoms in total. The molecule has 0 bridgehead atoms. The lowest BCUT2D eigenvalue weighted by Crippen LogP contribution is -2.39. The predicted octanol–water partition coefficient (Wildman–Crippen LogP) is 3.56. The fraction of sp³-hybridized carbons (Fsp3) is 0.533. The normalized spacial score (nSPS) is 17.1. The Labute approximate surface area is 133 Å². The van der Waals surface area contributed by atoms with Crippen LogP contribution in [0.15, 0.2) is 22.7 Å². The molecule has 20 heavy (non-hydrogen) atoms. The first-order valence-electron chi connectivity index (χ1n) is 7.02. The van der Waals surface area contributed by atoms with Gasteiger partial charge >= 0.3 is 0 Å². The van der Waals surface area contributed by atoms with Crippen LogP contribution in [0.3, 0.4) is 0 Å². The number of nitrogens with one attached hydrogen (secondary N) is 1. The van der Waals surface area contributed by atoms with Gasteiger partial charge in [-0.1, -0.05) is 34.5 Å². The third kappa shape index (κ3) is 4.47. The van der Waals surface area contributed by atoms with Crippen molar-refractivity contribution in [3.05, 3.63) is 33.3 Å². The van der Waals surface area contributed by atoms with Crippen LogP contribution in [-0.4, -0.2) is 37.0 Å². The van der Waals surface area contributed by atoms with Gasteiger partial charge in [0.25, 0.3) is 5.91 Å². The summed E-state index contributed by atoms with van der Waals surface area (Å²) in [5.74, 6) is 0.725. The van der Waals surface area contributed by atoms with Crippen LogP contribution in [0.4, 0.5) is 0 Å². The topological polar surface area (TPSA) is 32.3 Å². The summed E-state index contributed by atoms with van der Waals surface area (Å²) in [4.78, 5) is 14.5. The molecule has 110 valence electrons. The SMILES string of the molecule is CC1CCN(CCNC(=O)c2cc(Br)ccc2Cl)CC1. The average Bonchev–Trinajstić information content (AvgIpc) is 2.43. The lowest BCUT2D eigenvalue weighted by molar-refractivity contribution is 0.0944. The molecular formula is C15H20BrClN2O. The van der Waals surface area contributed by atoms with Crippen molar-refractivity contribution in [2.24, 2.45) is 5.92 Å². The van der Waals surface area contributed by atoms with E-state index >= 15 is 0 Å². The van der Waals surface area contributed by atoms with Crippen LogP contribution in [0.1, 0.15) is 30.1 Å². The molecule has 0 spiro atoms. The van der Waals surface area contributed by atoms with Crippen LogP contribution in [0.25, 0.3) is 0 Å². The Kier molecular flexibility index (Phi) is 5.87. The van der Waals surface area contributed by atoms with Gasteiger partial charge in [0.2, 0.25) is 0 Å². The predicted molar refractivity (Wildman–Crippen MR) is 86.3 cm³/mol. The molecule has 1 aliphatic rings. The molecule has 1 aromatic carbocycles. The Morgan fingerprint density at radius 2 is 2.15 bits per heavy atom. The summed E-state index contributed by atoms with van der Waals surface area (Å²) >= 11 is 9.40. The van der Waals surface area contributed by atoms with E-state index in [1.165, 1.54) is 12.8 Å². The highest BCUT2D eigenvalue weighted by Crippen LogP contribution is 2.20. The number of hydrogen-bond acceptors (Lipinski definition) is 2. The number of piperidine rings is 1. The molecule has 0 atom stereocenters. The molecule has 0 radical (unpaired) electrons. The Bertz CT molecular complexity index is 473. The van der Waals surface area contributed by atoms with Gasteiger partial charge in [-0.25, -0.2) is 0 Å². The Morgan fingerprint density at radius 1 is 1.45 bits per heavy atom. The van der Waals surface area contributed by atoms with E-state index in [-0.39, 0.29) is 5.91 Å². The van der Waals surface area contributed by atoms with Crippen LogP contribution in [-0.2, 0) is 0 Å². The number of halogens is 2. The maximum Gasteiger partial charge on any atom is 0.252 e. The molecule has 1 aliphatic heterocycles. The molecule has 1 fully saturated rings. The Balaban J connectivity index is 1.79. The Morgan fingerprint density at radius 3 is 2.85 bits per heavy atom. The third-order valence-corrected chi connectivity index (χ3v) is 4.59. The van der Waals surface area contributed by atoms with Gasteiger partial charge in [-0.15, -0.1) is 0 Å². The van der Waals surface area contributed by atoms with Gasteiger partial charge < -0.3 is 10.2 Å². The summed E-state index contributed by atoms with van der Waals surface area (Å²) in [5.41, 5.74) is 0.522. The molecule has 0 unspecified atom stereocenters. The van der Waals surface area contributed by atoms with Gasteiger partial charge in [-0.3, -0.25) is 4.79 Å². The molecule has 1 amide bonds. The molecule has 1 heterocycles. The van der Waals surface area contributed by atoms with Crippen molar-refractivity contribution < 1.29 is 4.79 Å². The van der Waals surface area contributed by atoms with E-state index in [4.69, 9.17) is 11.6 Å². The van der Waals surface area contributed by atoms with Crippen LogP contribution < -0.4 is 5.32 Å². The van der Waals surface area contributed by atoms with Crippen LogP contribution >= 0.6 is 27.5 Å². The second-order valence-corrected chi connectivity index (χ2v) is 6.73. The van der Waals surface area contributed by atoms with Crippen LogP contribution in [0.5, 0.6) is 0 Å². The first kappa shape index (κ1) is 15.8. The minimum Gasteiger partial charge on any atom is -0.351 e. The van der Waals surface area contributed by atoms with Crippen molar-refractivity contribution in [3.63, 3.8) is 0 Å². The highest BCUT2D eigenvalue weighted by Gasteiger charge is 2.16. The largest absolute Gasteiger partial charge is 0.351 e. The summed E-state index contributed by atoms with van der Waals surface area (Å²) in [6.45, 7) is 6.14. The third-order valence-electron chi connectivity index (χ3n) is 3.76. The van der Waals surface area contributed by atoms with Gasteiger partial charge in [0.15, 0.2) is 0 Å². The first-order chi connectivity index (χ1) is 9.56. The van der Waals surface area contributed by atoms with E-state index in [1.54, 1.807) is 12.1 Å². The second-order valence-electron chi connectivity index (χ2n) is 5.40. The van der Waals surface area contributed by atoms with Crippen LogP contribution in [0.2, 0.25) is 5.02 Å². The molecule has 1 aromatic rings. The number of likely N-dealkylation sites (tertiary alicyclic amines) is 1. The summed E-state index contributed by atoms with van der Waals surface area (Å²) in [6, 6.07) is 5.31. The Hall–Kier alpha value is -0.580. The van der Waals surface area contributed by atoms with E-state index in [0.717, 1.165) is 30.0 Å². The van der Waals surface area contributed by atoms with E-state index in [1.807, 2.05) is 6.07 Å². The van der Waals surface area contributed by atoms with E-state index < -0.39 is 0 Å². The van der Waals surface area contributed by atoms with Gasteiger partial charge in [0, 0.05) is 17.6 Å². The van der Waals surface area contributed by atoms with Crippen LogP contribution in [0, 0.1) is 5.92 Å². The van der Waals surface area contributed by atoms with Crippen molar-refractivity contribution in [2.45, 2.75) is 19.8 Å². The number of rotatable bonds is 4. The number of benzene rings is 1. The van der Waals surface area contributed by atoms with Crippen molar-refractivity contribution in [1.29, 1.82) is 0 Å². The number of amides is 1. The highest BCUT2D eigenvalue weighted by atomic mass is 79.9. The van der Waals surface area contributed by atoms with Gasteiger partial charge in [0.1, 0.15) is 0 Å². The summed E-state index contributed by atoms with van der Waals surface area (Å²) in [5, 5.41) is 3.42. The molecule has 0 aliphatic carbocycles. The summed E-state index contributed by atoms with van der Waals surface area (Å²) in [6.07, 6.45) is 2.51. The van der Waals surface area contributed by atoms with Gasteiger partial charge in [-0.05, 0) is 50.0 Å². The standard InChI is InChI=1S/C15H20BrClN2O/c1-11-4-7-19(8-5-11)9-6-18-15(20)13-10-12(16)2-3-14(13)17/h2-3,10-11H,4-9H2,1H3,(H,18,20). The summed E-state index contributed by atoms with van der Waals surface area (Å²) < 4.78 is 0.858. The fourth-order valence-corrected chi connectivity index (χ4v) is 2.94. The molecule has 1 N–H and O–H groups in total. The van der Waals surface area contributed by atoms with Crippen molar-refractivity contribution >= 4 is 33.4 Å². The zero-order valence-corrected chi connectivity index (χ0v) is 14.0. The zero-order valence-electron chi connectivity index (χ0n) is 11.7. The highest BCUT2D eigenvalue weighted by molar-refractivity contribution is 9.10. The number of carbonyl (C=O) groups excluding carboxylic acids is 1. The first-order valence-corrected chi connectivity index (χ1v) is 8.19. The zero-order chi connectivity index (χ0) is 14.5. The maximum absolute atomic E-state index is 12.1. The average molecular weight is 360 g/mol. The minimum absolute atomic E-state index is 0.110. The molecular weight excluding hydrogens is 340 g/mol. The van der Waals surface area contributed by atoms with E-state index in [2.05, 4.69) is 33.1 Å². The van der Waals surface area contributed by atoms with E-state index in [0.29, 0.717) is 17.1 Å². The second kappa shape index (κ2) is 7.43. The van der Waals surface area contributed by atoms with Gasteiger partial charge in [-0.2, -0.15) is 0 Å². The molecule has 2 rings (SSSR count). The van der Waals surface area contributed by atoms with Crippen molar-refractivity contribution in [3.8, 4) is 0 Å². The van der Waals surface area contributed by atoms with Crippen molar-refractivity contribution in [2.75, 3.05) is 26.2 Å². The number of nitrogens with zero attached hydrogens (tertiary/aromatic N) is 1. The van der Waals surface area contributed by atoms with E-state index in [9.17, 15) is 4.79 Å². The fourth-order valence-electron chi connectivity index (χ4n) is 2.38. The monoisotopic (exact) mass is 358 g/mol.